The number of benzene rings is 1. The van der Waals surface area contributed by atoms with Crippen LogP contribution < -0.4 is 5.32 Å². The monoisotopic (exact) mass is 356 g/mol. The second kappa shape index (κ2) is 9.90. The Kier molecular flexibility index (Phi) is 7.57. The molecule has 1 heterocycles. The molecule has 1 atom stereocenters. The van der Waals surface area contributed by atoms with E-state index < -0.39 is 5.97 Å². The number of pyridine rings is 1. The zero-order valence-electron chi connectivity index (χ0n) is 15.9. The first-order chi connectivity index (χ1) is 12.5. The first-order valence-electron chi connectivity index (χ1n) is 9.35. The van der Waals surface area contributed by atoms with Gasteiger partial charge in [-0.3, -0.25) is 9.78 Å². The number of esters is 1. The van der Waals surface area contributed by atoms with Gasteiger partial charge in [-0.25, -0.2) is 4.79 Å². The summed E-state index contributed by atoms with van der Waals surface area (Å²) in [5.41, 5.74) is 1.92. The van der Waals surface area contributed by atoms with E-state index in [4.69, 9.17) is 4.74 Å². The molecular weight excluding hydrogens is 328 g/mol. The predicted molar refractivity (Wildman–Crippen MR) is 103 cm³/mol. The Morgan fingerprint density at radius 1 is 1.23 bits per heavy atom. The zero-order chi connectivity index (χ0) is 18.9. The van der Waals surface area contributed by atoms with Crippen LogP contribution in [0.1, 0.15) is 55.6 Å². The van der Waals surface area contributed by atoms with Crippen molar-refractivity contribution in [1.29, 1.82) is 0 Å². The highest BCUT2D eigenvalue weighted by atomic mass is 16.5. The van der Waals surface area contributed by atoms with Crippen molar-refractivity contribution in [3.05, 3.63) is 41.6 Å². The average Bonchev–Trinajstić information content (AvgIpc) is 2.65. The molecule has 5 heteroatoms. The molecule has 1 N–H and O–H groups in total. The van der Waals surface area contributed by atoms with Crippen LogP contribution in [0.3, 0.4) is 0 Å². The van der Waals surface area contributed by atoms with Gasteiger partial charge in [0.15, 0.2) is 6.61 Å². The number of hydrogen-bond donors (Lipinski definition) is 1. The summed E-state index contributed by atoms with van der Waals surface area (Å²) in [6, 6.07) is 9.11. The van der Waals surface area contributed by atoms with E-state index in [1.807, 2.05) is 31.2 Å². The number of fused-ring (bicyclic) bond motifs is 1. The van der Waals surface area contributed by atoms with E-state index >= 15 is 0 Å². The van der Waals surface area contributed by atoms with E-state index in [0.717, 1.165) is 42.3 Å². The van der Waals surface area contributed by atoms with Crippen LogP contribution in [-0.2, 0) is 9.53 Å². The lowest BCUT2D eigenvalue weighted by molar-refractivity contribution is -0.124. The summed E-state index contributed by atoms with van der Waals surface area (Å²) in [6.45, 7) is 6.48. The number of aryl methyl sites for hydroxylation is 1. The molecule has 0 bridgehead atoms. The minimum atomic E-state index is -0.500. The van der Waals surface area contributed by atoms with Crippen LogP contribution >= 0.6 is 0 Å². The fourth-order valence-electron chi connectivity index (χ4n) is 2.94. The highest BCUT2D eigenvalue weighted by molar-refractivity contribution is 6.04. The van der Waals surface area contributed by atoms with Gasteiger partial charge in [0.25, 0.3) is 5.91 Å². The Morgan fingerprint density at radius 3 is 2.73 bits per heavy atom. The van der Waals surface area contributed by atoms with Crippen molar-refractivity contribution in [2.75, 3.05) is 13.2 Å². The van der Waals surface area contributed by atoms with E-state index in [2.05, 4.69) is 24.1 Å². The average molecular weight is 356 g/mol. The van der Waals surface area contributed by atoms with Crippen molar-refractivity contribution in [3.8, 4) is 0 Å². The lowest BCUT2D eigenvalue weighted by Crippen LogP contribution is -2.33. The number of rotatable bonds is 9. The van der Waals surface area contributed by atoms with E-state index in [0.29, 0.717) is 18.0 Å². The van der Waals surface area contributed by atoms with E-state index in [-0.39, 0.29) is 12.5 Å². The van der Waals surface area contributed by atoms with Gasteiger partial charge in [-0.2, -0.15) is 0 Å². The molecule has 1 amide bonds. The van der Waals surface area contributed by atoms with Gasteiger partial charge in [-0.1, -0.05) is 51.3 Å². The van der Waals surface area contributed by atoms with Crippen molar-refractivity contribution < 1.29 is 14.3 Å². The van der Waals surface area contributed by atoms with Gasteiger partial charge < -0.3 is 10.1 Å². The molecule has 1 aromatic heterocycles. The summed E-state index contributed by atoms with van der Waals surface area (Å²) in [4.78, 5) is 28.8. The van der Waals surface area contributed by atoms with E-state index in [1.165, 1.54) is 0 Å². The lowest BCUT2D eigenvalue weighted by atomic mass is 9.99. The number of amides is 1. The number of hydrogen-bond acceptors (Lipinski definition) is 4. The minimum Gasteiger partial charge on any atom is -0.452 e. The standard InChI is InChI=1S/C21H28N2O3/c1-4-6-9-16(5-2)13-22-20(24)14-26-21(25)18-12-15(3)23-19-11-8-7-10-17(18)19/h7-8,10-12,16H,4-6,9,13-14H2,1-3H3,(H,22,24)/t16-/m1/s1. The maximum absolute atomic E-state index is 12.4. The third kappa shape index (κ3) is 5.55. The summed E-state index contributed by atoms with van der Waals surface area (Å²) in [5, 5.41) is 3.60. The Morgan fingerprint density at radius 2 is 2.00 bits per heavy atom. The summed E-state index contributed by atoms with van der Waals surface area (Å²) >= 11 is 0. The van der Waals surface area contributed by atoms with Crippen molar-refractivity contribution in [2.24, 2.45) is 5.92 Å². The summed E-state index contributed by atoms with van der Waals surface area (Å²) < 4.78 is 5.22. The smallest absolute Gasteiger partial charge is 0.339 e. The van der Waals surface area contributed by atoms with Crippen LogP contribution in [-0.4, -0.2) is 30.0 Å². The van der Waals surface area contributed by atoms with Crippen LogP contribution in [0.25, 0.3) is 10.9 Å². The first kappa shape index (κ1) is 19.9. The van der Waals surface area contributed by atoms with Crippen LogP contribution in [0.2, 0.25) is 0 Å². The maximum atomic E-state index is 12.4. The molecule has 26 heavy (non-hydrogen) atoms. The van der Waals surface area contributed by atoms with Crippen molar-refractivity contribution in [3.63, 3.8) is 0 Å². The summed E-state index contributed by atoms with van der Waals surface area (Å²) in [5.74, 6) is -0.287. The van der Waals surface area contributed by atoms with Gasteiger partial charge >= 0.3 is 5.97 Å². The van der Waals surface area contributed by atoms with E-state index in [9.17, 15) is 9.59 Å². The SMILES string of the molecule is CCCC[C@@H](CC)CNC(=O)COC(=O)c1cc(C)nc2ccccc12. The van der Waals surface area contributed by atoms with Gasteiger partial charge in [0, 0.05) is 17.6 Å². The number of nitrogens with one attached hydrogen (secondary N) is 1. The van der Waals surface area contributed by atoms with Crippen LogP contribution in [0.5, 0.6) is 0 Å². The normalized spacial score (nSPS) is 12.0. The molecule has 5 nitrogen and oxygen atoms in total. The highest BCUT2D eigenvalue weighted by Gasteiger charge is 2.15. The molecule has 0 fully saturated rings. The molecule has 0 aliphatic carbocycles. The van der Waals surface area contributed by atoms with Crippen molar-refractivity contribution in [2.45, 2.75) is 46.5 Å². The molecule has 0 saturated heterocycles. The van der Waals surface area contributed by atoms with Gasteiger partial charge in [0.05, 0.1) is 11.1 Å². The number of carbonyl (C=O) groups is 2. The largest absolute Gasteiger partial charge is 0.452 e. The van der Waals surface area contributed by atoms with Gasteiger partial charge in [-0.15, -0.1) is 0 Å². The molecule has 0 spiro atoms. The van der Waals surface area contributed by atoms with Crippen LogP contribution in [0, 0.1) is 12.8 Å². The predicted octanol–water partition coefficient (Wildman–Crippen LogP) is 4.03. The van der Waals surface area contributed by atoms with Gasteiger partial charge in [0.1, 0.15) is 0 Å². The third-order valence-electron chi connectivity index (χ3n) is 4.53. The molecule has 2 rings (SSSR count). The molecule has 1 aromatic carbocycles. The fraction of sp³-hybridized carbons (Fsp3) is 0.476. The second-order valence-electron chi connectivity index (χ2n) is 6.63. The topological polar surface area (TPSA) is 68.3 Å². The summed E-state index contributed by atoms with van der Waals surface area (Å²) in [6.07, 6.45) is 4.46. The van der Waals surface area contributed by atoms with Gasteiger partial charge in [-0.05, 0) is 31.4 Å². The Labute approximate surface area is 155 Å². The molecular formula is C21H28N2O3. The molecule has 0 saturated carbocycles. The number of carbonyl (C=O) groups excluding carboxylic acids is 2. The number of ether oxygens (including phenoxy) is 1. The Hall–Kier alpha value is -2.43. The maximum Gasteiger partial charge on any atom is 0.339 e. The number of aromatic nitrogens is 1. The lowest BCUT2D eigenvalue weighted by Gasteiger charge is -2.15. The Bertz CT molecular complexity index is 758. The quantitative estimate of drug-likeness (QED) is 0.689. The van der Waals surface area contributed by atoms with Crippen molar-refractivity contribution in [1.82, 2.24) is 10.3 Å². The summed E-state index contributed by atoms with van der Waals surface area (Å²) in [7, 11) is 0. The first-order valence-corrected chi connectivity index (χ1v) is 9.35. The van der Waals surface area contributed by atoms with Gasteiger partial charge in [0.2, 0.25) is 0 Å². The molecule has 0 radical (unpaired) electrons. The number of unbranched alkanes of at least 4 members (excludes halogenated alkanes) is 1. The van der Waals surface area contributed by atoms with Crippen LogP contribution in [0.15, 0.2) is 30.3 Å². The minimum absolute atomic E-state index is 0.261. The van der Waals surface area contributed by atoms with E-state index in [1.54, 1.807) is 6.07 Å². The second-order valence-corrected chi connectivity index (χ2v) is 6.63. The van der Waals surface area contributed by atoms with Crippen molar-refractivity contribution >= 4 is 22.8 Å². The number of nitrogens with zero attached hydrogens (tertiary/aromatic N) is 1. The molecule has 0 aliphatic heterocycles. The molecule has 2 aromatic rings. The fourth-order valence-corrected chi connectivity index (χ4v) is 2.94. The number of para-hydroxylation sites is 1. The zero-order valence-corrected chi connectivity index (χ0v) is 15.9. The van der Waals surface area contributed by atoms with Crippen LogP contribution in [0.4, 0.5) is 0 Å². The molecule has 0 aliphatic rings. The third-order valence-corrected chi connectivity index (χ3v) is 4.53. The molecule has 140 valence electrons. The highest BCUT2D eigenvalue weighted by Crippen LogP contribution is 2.19. The Balaban J connectivity index is 1.91. The molecule has 0 unspecified atom stereocenters.